The maximum Gasteiger partial charge on any atom is 0.143 e. The Bertz CT molecular complexity index is 163. The average Bonchev–Trinajstić information content (AvgIpc) is 1.88. The minimum absolute atomic E-state index is 0.0475. The van der Waals surface area contributed by atoms with Gasteiger partial charge in [-0.1, -0.05) is 18.2 Å². The van der Waals surface area contributed by atoms with Crippen molar-refractivity contribution >= 4 is 5.78 Å². The van der Waals surface area contributed by atoms with Crippen molar-refractivity contribution in [1.82, 2.24) is 0 Å². The van der Waals surface area contributed by atoms with Crippen LogP contribution in [-0.2, 0) is 4.79 Å². The van der Waals surface area contributed by atoms with Crippen molar-refractivity contribution in [2.24, 2.45) is 5.92 Å². The molecule has 1 unspecified atom stereocenters. The molecule has 0 spiro atoms. The van der Waals surface area contributed by atoms with Gasteiger partial charge in [0.15, 0.2) is 0 Å². The van der Waals surface area contributed by atoms with Gasteiger partial charge in [-0.05, 0) is 12.8 Å². The molecule has 0 radical (unpaired) electrons. The molecule has 0 amide bonds. The van der Waals surface area contributed by atoms with E-state index in [1.807, 2.05) is 0 Å². The normalized spacial score (nSPS) is 26.6. The standard InChI is InChI=1S/C9H12O/c1-3-8-7(2)5-4-6-9(8)10/h3,8H,1-2,4-6H2. The maximum absolute atomic E-state index is 11.1. The summed E-state index contributed by atoms with van der Waals surface area (Å²) in [6.07, 6.45) is 4.37. The first kappa shape index (κ1) is 7.26. The fourth-order valence-corrected chi connectivity index (χ4v) is 1.33. The van der Waals surface area contributed by atoms with Gasteiger partial charge in [-0.2, -0.15) is 0 Å². The van der Waals surface area contributed by atoms with E-state index in [4.69, 9.17) is 0 Å². The molecule has 1 atom stereocenters. The van der Waals surface area contributed by atoms with E-state index in [2.05, 4.69) is 13.2 Å². The molecule has 0 N–H and O–H groups in total. The first-order valence-corrected chi connectivity index (χ1v) is 3.58. The Morgan fingerprint density at radius 1 is 1.50 bits per heavy atom. The lowest BCUT2D eigenvalue weighted by molar-refractivity contribution is -0.121. The lowest BCUT2D eigenvalue weighted by Gasteiger charge is -2.19. The van der Waals surface area contributed by atoms with E-state index < -0.39 is 0 Å². The summed E-state index contributed by atoms with van der Waals surface area (Å²) in [4.78, 5) is 11.1. The van der Waals surface area contributed by atoms with Crippen molar-refractivity contribution < 1.29 is 4.79 Å². The topological polar surface area (TPSA) is 17.1 Å². The zero-order valence-electron chi connectivity index (χ0n) is 6.10. The van der Waals surface area contributed by atoms with Crippen LogP contribution < -0.4 is 0 Å². The number of carbonyl (C=O) groups excluding carboxylic acids is 1. The van der Waals surface area contributed by atoms with Crippen LogP contribution in [0.4, 0.5) is 0 Å². The largest absolute Gasteiger partial charge is 0.299 e. The molecule has 1 rings (SSSR count). The summed E-state index contributed by atoms with van der Waals surface area (Å²) in [6.45, 7) is 7.43. The molecule has 1 aliphatic rings. The molecular weight excluding hydrogens is 124 g/mol. The maximum atomic E-state index is 11.1. The van der Waals surface area contributed by atoms with Crippen LogP contribution in [0.5, 0.6) is 0 Å². The second-order valence-electron chi connectivity index (χ2n) is 2.69. The highest BCUT2D eigenvalue weighted by atomic mass is 16.1. The molecule has 0 saturated heterocycles. The summed E-state index contributed by atoms with van der Waals surface area (Å²) in [5, 5.41) is 0. The van der Waals surface area contributed by atoms with Gasteiger partial charge < -0.3 is 0 Å². The highest BCUT2D eigenvalue weighted by Gasteiger charge is 2.21. The van der Waals surface area contributed by atoms with E-state index in [1.54, 1.807) is 6.08 Å². The molecule has 1 aliphatic carbocycles. The van der Waals surface area contributed by atoms with E-state index in [9.17, 15) is 4.79 Å². The minimum Gasteiger partial charge on any atom is -0.299 e. The molecule has 0 bridgehead atoms. The average molecular weight is 136 g/mol. The predicted molar refractivity (Wildman–Crippen MR) is 41.7 cm³/mol. The molecular formula is C9H12O. The number of allylic oxidation sites excluding steroid dienone is 2. The summed E-state index contributed by atoms with van der Waals surface area (Å²) < 4.78 is 0. The lowest BCUT2D eigenvalue weighted by atomic mass is 9.84. The summed E-state index contributed by atoms with van der Waals surface area (Å²) in [6, 6.07) is 0. The molecule has 0 aromatic carbocycles. The molecule has 1 saturated carbocycles. The molecule has 0 aromatic heterocycles. The van der Waals surface area contributed by atoms with Gasteiger partial charge in [0.05, 0.1) is 5.92 Å². The van der Waals surface area contributed by atoms with Crippen molar-refractivity contribution in [2.45, 2.75) is 19.3 Å². The first-order valence-electron chi connectivity index (χ1n) is 3.58. The Labute approximate surface area is 61.4 Å². The van der Waals surface area contributed by atoms with Gasteiger partial charge in [-0.3, -0.25) is 4.79 Å². The Balaban J connectivity index is 2.71. The van der Waals surface area contributed by atoms with E-state index in [1.165, 1.54) is 0 Å². The van der Waals surface area contributed by atoms with E-state index >= 15 is 0 Å². The second kappa shape index (κ2) is 2.82. The molecule has 1 nitrogen and oxygen atoms in total. The smallest absolute Gasteiger partial charge is 0.143 e. The van der Waals surface area contributed by atoms with Gasteiger partial charge in [-0.25, -0.2) is 0 Å². The molecule has 0 heterocycles. The summed E-state index contributed by atoms with van der Waals surface area (Å²) in [5.41, 5.74) is 1.03. The summed E-state index contributed by atoms with van der Waals surface area (Å²) in [5.74, 6) is 0.236. The zero-order chi connectivity index (χ0) is 7.56. The van der Waals surface area contributed by atoms with Crippen molar-refractivity contribution in [3.05, 3.63) is 24.8 Å². The highest BCUT2D eigenvalue weighted by molar-refractivity contribution is 5.86. The van der Waals surface area contributed by atoms with Crippen LogP contribution in [0, 0.1) is 5.92 Å². The fraction of sp³-hybridized carbons (Fsp3) is 0.444. The monoisotopic (exact) mass is 136 g/mol. The Morgan fingerprint density at radius 3 is 2.60 bits per heavy atom. The second-order valence-corrected chi connectivity index (χ2v) is 2.69. The summed E-state index contributed by atoms with van der Waals surface area (Å²) in [7, 11) is 0. The zero-order valence-corrected chi connectivity index (χ0v) is 6.10. The van der Waals surface area contributed by atoms with Gasteiger partial charge in [0.2, 0.25) is 0 Å². The molecule has 10 heavy (non-hydrogen) atoms. The van der Waals surface area contributed by atoms with Crippen LogP contribution in [0.15, 0.2) is 24.8 Å². The van der Waals surface area contributed by atoms with Gasteiger partial charge in [-0.15, -0.1) is 6.58 Å². The van der Waals surface area contributed by atoms with Crippen molar-refractivity contribution in [2.75, 3.05) is 0 Å². The number of rotatable bonds is 1. The van der Waals surface area contributed by atoms with Crippen molar-refractivity contribution in [1.29, 1.82) is 0 Å². The number of carbonyl (C=O) groups is 1. The Morgan fingerprint density at radius 2 is 2.20 bits per heavy atom. The quantitative estimate of drug-likeness (QED) is 0.504. The molecule has 0 aliphatic heterocycles. The van der Waals surface area contributed by atoms with E-state index in [0.29, 0.717) is 6.42 Å². The molecule has 54 valence electrons. The van der Waals surface area contributed by atoms with Crippen LogP contribution in [0.1, 0.15) is 19.3 Å². The third-order valence-corrected chi connectivity index (χ3v) is 1.94. The van der Waals surface area contributed by atoms with Gasteiger partial charge >= 0.3 is 0 Å². The van der Waals surface area contributed by atoms with Crippen LogP contribution in [0.3, 0.4) is 0 Å². The number of hydrogen-bond acceptors (Lipinski definition) is 1. The van der Waals surface area contributed by atoms with Crippen LogP contribution in [0.25, 0.3) is 0 Å². The van der Waals surface area contributed by atoms with Crippen LogP contribution in [-0.4, -0.2) is 5.78 Å². The van der Waals surface area contributed by atoms with Crippen LogP contribution in [0.2, 0.25) is 0 Å². The number of hydrogen-bond donors (Lipinski definition) is 0. The number of ketones is 1. The third-order valence-electron chi connectivity index (χ3n) is 1.94. The fourth-order valence-electron chi connectivity index (χ4n) is 1.33. The summed E-state index contributed by atoms with van der Waals surface area (Å²) >= 11 is 0. The molecule has 0 aromatic rings. The Kier molecular flexibility index (Phi) is 2.05. The number of Topliss-reactive ketones (excluding diaryl/α,β-unsaturated/α-hetero) is 1. The van der Waals surface area contributed by atoms with Gasteiger partial charge in [0, 0.05) is 6.42 Å². The lowest BCUT2D eigenvalue weighted by Crippen LogP contribution is -2.18. The third kappa shape index (κ3) is 1.18. The minimum atomic E-state index is -0.0475. The Hall–Kier alpha value is -0.850. The molecule has 1 heteroatoms. The van der Waals surface area contributed by atoms with E-state index in [0.717, 1.165) is 18.4 Å². The van der Waals surface area contributed by atoms with Gasteiger partial charge in [0.1, 0.15) is 5.78 Å². The molecule has 1 fully saturated rings. The van der Waals surface area contributed by atoms with Crippen molar-refractivity contribution in [3.63, 3.8) is 0 Å². The first-order chi connectivity index (χ1) is 4.75. The highest BCUT2D eigenvalue weighted by Crippen LogP contribution is 2.25. The predicted octanol–water partition coefficient (Wildman–Crippen LogP) is 2.10. The SMILES string of the molecule is C=CC1C(=C)CCCC1=O. The van der Waals surface area contributed by atoms with Crippen molar-refractivity contribution in [3.8, 4) is 0 Å². The van der Waals surface area contributed by atoms with E-state index in [-0.39, 0.29) is 11.7 Å². The van der Waals surface area contributed by atoms with Crippen LogP contribution >= 0.6 is 0 Å². The van der Waals surface area contributed by atoms with Gasteiger partial charge in [0.25, 0.3) is 0 Å².